The summed E-state index contributed by atoms with van der Waals surface area (Å²) in [5, 5.41) is 0. The van der Waals surface area contributed by atoms with Gasteiger partial charge in [-0.25, -0.2) is 18.7 Å². The summed E-state index contributed by atoms with van der Waals surface area (Å²) >= 11 is 0. The molecule has 26 heavy (non-hydrogen) atoms. The SMILES string of the molecule is CN1C(=O)c2c(nc(N)nc2-c2ccco2)/C1=C\c1ccc(F)cc1F. The summed E-state index contributed by atoms with van der Waals surface area (Å²) in [6.45, 7) is 0. The number of hydrogen-bond donors (Lipinski definition) is 1. The number of nitrogens with zero attached hydrogens (tertiary/aromatic N) is 3. The maximum atomic E-state index is 14.0. The minimum atomic E-state index is -0.750. The van der Waals surface area contributed by atoms with Crippen molar-refractivity contribution >= 4 is 23.6 Å². The highest BCUT2D eigenvalue weighted by atomic mass is 19.1. The molecule has 0 fully saturated rings. The molecule has 0 atom stereocenters. The quantitative estimate of drug-likeness (QED) is 0.764. The molecule has 2 aromatic heterocycles. The van der Waals surface area contributed by atoms with E-state index in [1.165, 1.54) is 30.4 Å². The second-order valence-electron chi connectivity index (χ2n) is 5.69. The molecule has 3 heterocycles. The second-order valence-corrected chi connectivity index (χ2v) is 5.69. The Hall–Kier alpha value is -3.55. The van der Waals surface area contributed by atoms with Crippen LogP contribution in [0.1, 0.15) is 21.6 Å². The van der Waals surface area contributed by atoms with Crippen molar-refractivity contribution in [2.24, 2.45) is 0 Å². The molecule has 0 radical (unpaired) electrons. The molecule has 8 heteroatoms. The lowest BCUT2D eigenvalue weighted by molar-refractivity contribution is 0.0875. The Morgan fingerprint density at radius 1 is 1.19 bits per heavy atom. The predicted octanol–water partition coefficient (Wildman–Crippen LogP) is 3.18. The van der Waals surface area contributed by atoms with Gasteiger partial charge in [0.05, 0.1) is 17.5 Å². The van der Waals surface area contributed by atoms with Crippen molar-refractivity contribution in [1.82, 2.24) is 14.9 Å². The Balaban J connectivity index is 1.94. The molecule has 0 unspecified atom stereocenters. The summed E-state index contributed by atoms with van der Waals surface area (Å²) < 4.78 is 32.5. The summed E-state index contributed by atoms with van der Waals surface area (Å²) in [4.78, 5) is 22.3. The van der Waals surface area contributed by atoms with Gasteiger partial charge >= 0.3 is 0 Å². The minimum Gasteiger partial charge on any atom is -0.463 e. The van der Waals surface area contributed by atoms with Gasteiger partial charge in [0.2, 0.25) is 5.95 Å². The number of fused-ring (bicyclic) bond motifs is 1. The number of benzene rings is 1. The third-order valence-electron chi connectivity index (χ3n) is 4.06. The lowest BCUT2D eigenvalue weighted by atomic mass is 10.1. The molecular weight excluding hydrogens is 342 g/mol. The maximum absolute atomic E-state index is 14.0. The number of carbonyl (C=O) groups excluding carboxylic acids is 1. The Morgan fingerprint density at radius 2 is 1.96 bits per heavy atom. The number of amides is 1. The third-order valence-corrected chi connectivity index (χ3v) is 4.06. The van der Waals surface area contributed by atoms with Gasteiger partial charge in [0.1, 0.15) is 23.0 Å². The Bertz CT molecular complexity index is 1060. The first-order chi connectivity index (χ1) is 12.5. The van der Waals surface area contributed by atoms with Gasteiger partial charge in [0, 0.05) is 18.7 Å². The van der Waals surface area contributed by atoms with Crippen LogP contribution in [0, 0.1) is 11.6 Å². The molecular formula is C18H12F2N4O2. The van der Waals surface area contributed by atoms with E-state index in [4.69, 9.17) is 10.2 Å². The molecule has 0 saturated carbocycles. The predicted molar refractivity (Wildman–Crippen MR) is 90.5 cm³/mol. The lowest BCUT2D eigenvalue weighted by Crippen LogP contribution is -2.17. The average Bonchev–Trinajstić information content (AvgIpc) is 3.20. The van der Waals surface area contributed by atoms with Crippen molar-refractivity contribution in [3.63, 3.8) is 0 Å². The van der Waals surface area contributed by atoms with Crippen molar-refractivity contribution < 1.29 is 18.0 Å². The number of halogens is 2. The van der Waals surface area contributed by atoms with Crippen molar-refractivity contribution in [2.45, 2.75) is 0 Å². The van der Waals surface area contributed by atoms with Crippen LogP contribution in [0.3, 0.4) is 0 Å². The largest absolute Gasteiger partial charge is 0.463 e. The highest BCUT2D eigenvalue weighted by Gasteiger charge is 2.36. The number of furan rings is 1. The summed E-state index contributed by atoms with van der Waals surface area (Å²) in [6.07, 6.45) is 2.87. The van der Waals surface area contributed by atoms with Crippen LogP contribution in [0.15, 0.2) is 41.0 Å². The number of aromatic nitrogens is 2. The molecule has 4 rings (SSSR count). The Labute approximate surface area is 146 Å². The van der Waals surface area contributed by atoms with Crippen molar-refractivity contribution in [2.75, 3.05) is 12.8 Å². The first-order valence-electron chi connectivity index (χ1n) is 7.62. The number of anilines is 1. The van der Waals surface area contributed by atoms with E-state index in [0.29, 0.717) is 11.5 Å². The second kappa shape index (κ2) is 5.76. The number of rotatable bonds is 2. The Morgan fingerprint density at radius 3 is 2.65 bits per heavy atom. The normalized spacial score (nSPS) is 15.0. The van der Waals surface area contributed by atoms with Crippen LogP contribution in [-0.4, -0.2) is 27.8 Å². The first kappa shape index (κ1) is 15.9. The zero-order valence-electron chi connectivity index (χ0n) is 13.5. The minimum absolute atomic E-state index is 0.0521. The summed E-state index contributed by atoms with van der Waals surface area (Å²) in [7, 11) is 1.53. The van der Waals surface area contributed by atoms with Crippen LogP contribution >= 0.6 is 0 Å². The third kappa shape index (κ3) is 2.43. The topological polar surface area (TPSA) is 85.2 Å². The fourth-order valence-electron chi connectivity index (χ4n) is 2.82. The van der Waals surface area contributed by atoms with E-state index in [2.05, 4.69) is 9.97 Å². The van der Waals surface area contributed by atoms with Crippen LogP contribution in [0.4, 0.5) is 14.7 Å². The molecule has 0 saturated heterocycles. The monoisotopic (exact) mass is 354 g/mol. The van der Waals surface area contributed by atoms with Gasteiger partial charge in [-0.05, 0) is 30.3 Å². The van der Waals surface area contributed by atoms with Gasteiger partial charge in [0.25, 0.3) is 5.91 Å². The molecule has 130 valence electrons. The van der Waals surface area contributed by atoms with Gasteiger partial charge in [-0.1, -0.05) is 0 Å². The molecule has 0 bridgehead atoms. The van der Waals surface area contributed by atoms with Crippen molar-refractivity contribution in [3.8, 4) is 11.5 Å². The van der Waals surface area contributed by atoms with E-state index in [0.717, 1.165) is 12.1 Å². The smallest absolute Gasteiger partial charge is 0.262 e. The van der Waals surface area contributed by atoms with Crippen LogP contribution in [0.5, 0.6) is 0 Å². The standard InChI is InChI=1S/C18H12F2N4O2/c1-24-12(7-9-4-5-10(19)8-11(9)20)15-14(17(24)25)16(23-18(21)22-15)13-3-2-6-26-13/h2-8H,1H3,(H2,21,22,23)/b12-7+. The van der Waals surface area contributed by atoms with Crippen LogP contribution in [0.2, 0.25) is 0 Å². The van der Waals surface area contributed by atoms with Gasteiger partial charge in [-0.15, -0.1) is 0 Å². The van der Waals surface area contributed by atoms with E-state index in [1.54, 1.807) is 12.1 Å². The molecule has 1 aliphatic rings. The van der Waals surface area contributed by atoms with Gasteiger partial charge < -0.3 is 15.1 Å². The van der Waals surface area contributed by atoms with Gasteiger partial charge in [0.15, 0.2) is 5.76 Å². The van der Waals surface area contributed by atoms with E-state index >= 15 is 0 Å². The molecule has 3 aromatic rings. The van der Waals surface area contributed by atoms with E-state index in [9.17, 15) is 13.6 Å². The van der Waals surface area contributed by atoms with Gasteiger partial charge in [-0.3, -0.25) is 4.79 Å². The summed E-state index contributed by atoms with van der Waals surface area (Å²) in [6, 6.07) is 6.50. The van der Waals surface area contributed by atoms with Crippen molar-refractivity contribution in [3.05, 3.63) is 65.1 Å². The van der Waals surface area contributed by atoms with E-state index in [1.807, 2.05) is 0 Å². The van der Waals surface area contributed by atoms with Crippen LogP contribution in [0.25, 0.3) is 23.2 Å². The van der Waals surface area contributed by atoms with Crippen molar-refractivity contribution in [1.29, 1.82) is 0 Å². The molecule has 2 N–H and O–H groups in total. The molecule has 0 spiro atoms. The van der Waals surface area contributed by atoms with Gasteiger partial charge in [-0.2, -0.15) is 0 Å². The summed E-state index contributed by atoms with van der Waals surface area (Å²) in [5.41, 5.74) is 6.98. The van der Waals surface area contributed by atoms with Crippen LogP contribution < -0.4 is 5.73 Å². The van der Waals surface area contributed by atoms with E-state index < -0.39 is 11.6 Å². The lowest BCUT2D eigenvalue weighted by Gasteiger charge is -2.10. The number of nitrogen functional groups attached to an aromatic ring is 1. The summed E-state index contributed by atoms with van der Waals surface area (Å²) in [5.74, 6) is -1.50. The fourth-order valence-corrected chi connectivity index (χ4v) is 2.82. The first-order valence-corrected chi connectivity index (χ1v) is 7.62. The Kier molecular flexibility index (Phi) is 3.54. The zero-order valence-corrected chi connectivity index (χ0v) is 13.5. The maximum Gasteiger partial charge on any atom is 0.262 e. The highest BCUT2D eigenvalue weighted by molar-refractivity contribution is 6.13. The molecule has 1 amide bonds. The van der Waals surface area contributed by atoms with E-state index in [-0.39, 0.29) is 34.4 Å². The molecule has 6 nitrogen and oxygen atoms in total. The highest BCUT2D eigenvalue weighted by Crippen LogP contribution is 2.37. The average molecular weight is 354 g/mol. The number of carbonyl (C=O) groups is 1. The number of nitrogens with two attached hydrogens (primary N) is 1. The zero-order chi connectivity index (χ0) is 18.4. The molecule has 1 aromatic carbocycles. The van der Waals surface area contributed by atoms with Crippen LogP contribution in [-0.2, 0) is 0 Å². The number of hydrogen-bond acceptors (Lipinski definition) is 5. The fraction of sp³-hybridized carbons (Fsp3) is 0.0556. The molecule has 0 aliphatic carbocycles. The molecule has 1 aliphatic heterocycles.